The molecule has 5 aromatic rings. The third kappa shape index (κ3) is 6.86. The molecule has 12 heteroatoms. The number of nitrogens with one attached hydrogen (secondary N) is 3. The van der Waals surface area contributed by atoms with Gasteiger partial charge in [0.15, 0.2) is 0 Å². The number of hydrogen-bond donors (Lipinski definition) is 3. The second-order valence-electron chi connectivity index (χ2n) is 14.4. The van der Waals surface area contributed by atoms with Crippen LogP contribution in [0.1, 0.15) is 53.9 Å². The second-order valence-corrected chi connectivity index (χ2v) is 14.4. The van der Waals surface area contributed by atoms with Gasteiger partial charge in [0, 0.05) is 55.1 Å². The minimum Gasteiger partial charge on any atom is -0.496 e. The van der Waals surface area contributed by atoms with Crippen LogP contribution in [-0.4, -0.2) is 71.4 Å². The number of anilines is 2. The van der Waals surface area contributed by atoms with Crippen molar-refractivity contribution in [2.24, 2.45) is 7.05 Å². The van der Waals surface area contributed by atoms with Crippen LogP contribution in [0, 0.1) is 0 Å². The zero-order valence-electron chi connectivity index (χ0n) is 30.4. The molecule has 3 N–H and O–H groups in total. The van der Waals surface area contributed by atoms with Crippen molar-refractivity contribution in [3.63, 3.8) is 0 Å². The van der Waals surface area contributed by atoms with Crippen LogP contribution in [0.15, 0.2) is 71.8 Å². The zero-order valence-corrected chi connectivity index (χ0v) is 30.4. The maximum absolute atomic E-state index is 12.6. The maximum atomic E-state index is 12.6. The molecule has 274 valence electrons. The number of hydrogen-bond acceptors (Lipinski definition) is 9. The third-order valence-corrected chi connectivity index (χ3v) is 11.1. The lowest BCUT2D eigenvalue weighted by Crippen LogP contribution is -2.47. The van der Waals surface area contributed by atoms with Gasteiger partial charge < -0.3 is 24.3 Å². The number of imide groups is 1. The largest absolute Gasteiger partial charge is 0.496 e. The number of nitrogens with zero attached hydrogens (tertiary/aromatic N) is 4. The molecule has 2 aromatic heterocycles. The van der Waals surface area contributed by atoms with E-state index in [1.54, 1.807) is 32.0 Å². The Morgan fingerprint density at radius 3 is 2.36 bits per heavy atom. The molecule has 2 fully saturated rings. The van der Waals surface area contributed by atoms with E-state index in [0.717, 1.165) is 84.7 Å². The van der Waals surface area contributed by atoms with E-state index >= 15 is 0 Å². The summed E-state index contributed by atoms with van der Waals surface area (Å²) < 4.78 is 13.5. The number of methoxy groups -OCH3 is 2. The molecular weight excluding hydrogens is 670 g/mol. The second kappa shape index (κ2) is 14.4. The topological polar surface area (TPSA) is 134 Å². The average Bonchev–Trinajstić information content (AvgIpc) is 3.83. The van der Waals surface area contributed by atoms with Crippen molar-refractivity contribution in [2.45, 2.75) is 57.2 Å². The first-order valence-corrected chi connectivity index (χ1v) is 18.3. The van der Waals surface area contributed by atoms with Gasteiger partial charge in [-0.1, -0.05) is 24.3 Å². The Kier molecular flexibility index (Phi) is 9.38. The van der Waals surface area contributed by atoms with Crippen LogP contribution in [0.5, 0.6) is 11.5 Å². The van der Waals surface area contributed by atoms with Crippen molar-refractivity contribution < 1.29 is 19.1 Å². The molecule has 8 rings (SSSR count). The van der Waals surface area contributed by atoms with Gasteiger partial charge >= 0.3 is 0 Å². The average molecular weight is 716 g/mol. The smallest absolute Gasteiger partial charge is 0.276 e. The summed E-state index contributed by atoms with van der Waals surface area (Å²) in [5.74, 6) is 1.53. The van der Waals surface area contributed by atoms with Gasteiger partial charge in [-0.3, -0.25) is 29.7 Å². The summed E-state index contributed by atoms with van der Waals surface area (Å²) in [7, 11) is 5.11. The zero-order chi connectivity index (χ0) is 36.6. The van der Waals surface area contributed by atoms with Crippen molar-refractivity contribution in [1.82, 2.24) is 25.0 Å². The molecule has 0 saturated carbocycles. The minimum absolute atomic E-state index is 0.125. The van der Waals surface area contributed by atoms with Gasteiger partial charge in [-0.05, 0) is 97.3 Å². The van der Waals surface area contributed by atoms with Crippen molar-refractivity contribution in [2.75, 3.05) is 44.1 Å². The number of aromatic amines is 1. The van der Waals surface area contributed by atoms with Crippen LogP contribution in [0.25, 0.3) is 22.0 Å². The first-order valence-electron chi connectivity index (χ1n) is 18.3. The lowest BCUT2D eigenvalue weighted by molar-refractivity contribution is -0.133. The highest BCUT2D eigenvalue weighted by molar-refractivity contribution is 6.01. The molecule has 2 amide bonds. The molecule has 3 aliphatic heterocycles. The Bertz CT molecular complexity index is 2210. The van der Waals surface area contributed by atoms with E-state index in [4.69, 9.17) is 9.47 Å². The highest BCUT2D eigenvalue weighted by Crippen LogP contribution is 2.40. The summed E-state index contributed by atoms with van der Waals surface area (Å²) in [6, 6.07) is 19.0. The van der Waals surface area contributed by atoms with Crippen LogP contribution in [-0.2, 0) is 36.1 Å². The summed E-state index contributed by atoms with van der Waals surface area (Å²) >= 11 is 0. The molecule has 0 aliphatic carbocycles. The quantitative estimate of drug-likeness (QED) is 0.169. The van der Waals surface area contributed by atoms with Crippen molar-refractivity contribution in [1.29, 1.82) is 0 Å². The van der Waals surface area contributed by atoms with E-state index in [1.807, 2.05) is 18.3 Å². The van der Waals surface area contributed by atoms with E-state index in [2.05, 4.69) is 73.1 Å². The number of ether oxygens (including phenoxy) is 2. The Morgan fingerprint density at radius 1 is 0.887 bits per heavy atom. The van der Waals surface area contributed by atoms with Crippen molar-refractivity contribution in [3.8, 4) is 22.6 Å². The van der Waals surface area contributed by atoms with Gasteiger partial charge in [0.05, 0.1) is 32.5 Å². The summed E-state index contributed by atoms with van der Waals surface area (Å²) in [6.45, 7) is 4.59. The summed E-state index contributed by atoms with van der Waals surface area (Å²) in [5.41, 5.74) is 9.27. The molecule has 1 unspecified atom stereocenters. The van der Waals surface area contributed by atoms with Crippen LogP contribution in [0.2, 0.25) is 0 Å². The molecule has 5 heterocycles. The molecular formula is C41H45N7O5. The Morgan fingerprint density at radius 2 is 1.64 bits per heavy atom. The Balaban J connectivity index is 0.900. The van der Waals surface area contributed by atoms with Crippen LogP contribution in [0.4, 0.5) is 11.4 Å². The normalized spacial score (nSPS) is 17.9. The first kappa shape index (κ1) is 34.5. The number of rotatable bonds is 10. The maximum Gasteiger partial charge on any atom is 0.276 e. The fraction of sp³-hybridized carbons (Fsp3) is 0.366. The lowest BCUT2D eigenvalue weighted by atomic mass is 9.89. The van der Waals surface area contributed by atoms with Gasteiger partial charge in [0.2, 0.25) is 11.8 Å². The lowest BCUT2D eigenvalue weighted by Gasteiger charge is -2.32. The number of fused-ring (bicyclic) bond motifs is 2. The predicted molar refractivity (Wildman–Crippen MR) is 205 cm³/mol. The number of likely N-dealkylation sites (tertiary alicyclic amines) is 1. The van der Waals surface area contributed by atoms with Gasteiger partial charge in [-0.15, -0.1) is 0 Å². The number of carbonyl (C=O) groups excluding carboxylic acids is 2. The SMILES string of the molecule is COc1cc(-c2cn(C)c(=O)c3[nH]ncc23)cc(OC)c1CN1CCc2cc(CN3CCC(c4ccc(NC5CCC(=O)NC5=O)cc4)CC3)ccc21. The highest BCUT2D eigenvalue weighted by Gasteiger charge is 2.28. The summed E-state index contributed by atoms with van der Waals surface area (Å²) in [5, 5.41) is 13.4. The standard InChI is InChI=1S/C41H45N7O5/c1-46-23-32(31-21-42-45-39(31)41(46)51)29-19-36(52-2)33(37(20-29)53-3)24-48-17-14-28-18-25(4-10-35(28)48)22-47-15-12-27(13-16-47)26-5-7-30(8-6-26)43-34-9-11-38(49)44-40(34)50/h4-8,10,18-21,23,27,34,43H,9,11-17,22,24H2,1-3H3,(H,42,45)(H,44,49,50). The number of piperidine rings is 2. The Labute approximate surface area is 308 Å². The molecule has 0 spiro atoms. The number of aryl methyl sites for hydroxylation is 1. The third-order valence-electron chi connectivity index (χ3n) is 11.1. The molecule has 1 atom stereocenters. The molecule has 0 bridgehead atoms. The van der Waals surface area contributed by atoms with Gasteiger partial charge in [0.1, 0.15) is 23.1 Å². The first-order chi connectivity index (χ1) is 25.8. The molecule has 3 aromatic carbocycles. The van der Waals surface area contributed by atoms with E-state index in [-0.39, 0.29) is 23.4 Å². The fourth-order valence-electron chi connectivity index (χ4n) is 8.22. The summed E-state index contributed by atoms with van der Waals surface area (Å²) in [4.78, 5) is 41.2. The summed E-state index contributed by atoms with van der Waals surface area (Å²) in [6.07, 6.45) is 7.60. The number of pyridine rings is 1. The van der Waals surface area contributed by atoms with Gasteiger partial charge in [0.25, 0.3) is 5.56 Å². The van der Waals surface area contributed by atoms with Crippen molar-refractivity contribution in [3.05, 3.63) is 99.6 Å². The van der Waals surface area contributed by atoms with E-state index in [0.29, 0.717) is 30.8 Å². The van der Waals surface area contributed by atoms with Crippen LogP contribution >= 0.6 is 0 Å². The fourth-order valence-corrected chi connectivity index (χ4v) is 8.22. The molecule has 0 radical (unpaired) electrons. The highest BCUT2D eigenvalue weighted by atomic mass is 16.5. The van der Waals surface area contributed by atoms with Gasteiger partial charge in [-0.25, -0.2) is 0 Å². The van der Waals surface area contributed by atoms with E-state index in [1.165, 1.54) is 22.4 Å². The predicted octanol–water partition coefficient (Wildman–Crippen LogP) is 5.11. The van der Waals surface area contributed by atoms with E-state index in [9.17, 15) is 14.4 Å². The van der Waals surface area contributed by atoms with E-state index < -0.39 is 0 Å². The monoisotopic (exact) mass is 715 g/mol. The molecule has 3 aliphatic rings. The molecule has 12 nitrogen and oxygen atoms in total. The van der Waals surface area contributed by atoms with Crippen molar-refractivity contribution >= 4 is 34.1 Å². The van der Waals surface area contributed by atoms with Gasteiger partial charge in [-0.2, -0.15) is 5.10 Å². The number of carbonyl (C=O) groups is 2. The van der Waals surface area contributed by atoms with Crippen LogP contribution in [0.3, 0.4) is 0 Å². The number of benzene rings is 3. The van der Waals surface area contributed by atoms with Crippen LogP contribution < -0.4 is 30.6 Å². The molecule has 2 saturated heterocycles. The Hall–Kier alpha value is -5.62. The number of aromatic nitrogens is 3. The number of H-pyrrole nitrogens is 1. The molecule has 53 heavy (non-hydrogen) atoms. The minimum atomic E-state index is -0.371. The number of amides is 2.